The maximum atomic E-state index is 14.8. The van der Waals surface area contributed by atoms with E-state index in [9.17, 15) is 9.18 Å². The van der Waals surface area contributed by atoms with Gasteiger partial charge in [0, 0.05) is 17.7 Å². The highest BCUT2D eigenvalue weighted by Gasteiger charge is 2.33. The fraction of sp³-hybridized carbons (Fsp3) is 0.308. The summed E-state index contributed by atoms with van der Waals surface area (Å²) < 4.78 is 20.1. The Morgan fingerprint density at radius 1 is 1.09 bits per heavy atom. The first kappa shape index (κ1) is 21.7. The number of carbonyl (C=O) groups is 1. The van der Waals surface area contributed by atoms with Gasteiger partial charge in [-0.3, -0.25) is 19.7 Å². The van der Waals surface area contributed by atoms with Gasteiger partial charge in [-0.2, -0.15) is 0 Å². The molecule has 1 saturated carbocycles. The van der Waals surface area contributed by atoms with Crippen molar-refractivity contribution in [2.24, 2.45) is 0 Å². The molecule has 2 aliphatic rings. The van der Waals surface area contributed by atoms with Crippen LogP contribution in [0.5, 0.6) is 0 Å². The number of alkyl halides is 1. The average molecular weight is 471 g/mol. The third-order valence-electron chi connectivity index (χ3n) is 6.39. The first-order chi connectivity index (χ1) is 17.0. The zero-order valence-corrected chi connectivity index (χ0v) is 19.2. The van der Waals surface area contributed by atoms with E-state index in [1.165, 1.54) is 6.92 Å². The molecule has 176 valence electrons. The fourth-order valence-electron chi connectivity index (χ4n) is 4.29. The van der Waals surface area contributed by atoms with Gasteiger partial charge in [0.05, 0.1) is 55.3 Å². The number of nitrogens with one attached hydrogen (secondary N) is 1. The van der Waals surface area contributed by atoms with Gasteiger partial charge in [-0.15, -0.1) is 0 Å². The number of aromatic nitrogens is 5. The Bertz CT molecular complexity index is 1450. The van der Waals surface area contributed by atoms with E-state index in [0.717, 1.165) is 24.1 Å². The largest absolute Gasteiger partial charge is 0.373 e. The molecule has 4 heterocycles. The van der Waals surface area contributed by atoms with Crippen LogP contribution in [0, 0.1) is 0 Å². The van der Waals surface area contributed by atoms with Crippen molar-refractivity contribution in [3.8, 4) is 11.4 Å². The van der Waals surface area contributed by atoms with Crippen LogP contribution < -0.4 is 5.32 Å². The summed E-state index contributed by atoms with van der Waals surface area (Å²) in [4.78, 5) is 35.3. The van der Waals surface area contributed by atoms with Gasteiger partial charge >= 0.3 is 0 Å². The highest BCUT2D eigenvalue weighted by atomic mass is 19.1. The molecule has 6 rings (SSSR count). The molecule has 1 fully saturated rings. The molecule has 1 aliphatic heterocycles. The monoisotopic (exact) mass is 470 g/mol. The van der Waals surface area contributed by atoms with Gasteiger partial charge in [0.2, 0.25) is 0 Å². The Hall–Kier alpha value is -3.85. The molecule has 1 aliphatic carbocycles. The van der Waals surface area contributed by atoms with Crippen LogP contribution in [0.25, 0.3) is 22.4 Å². The van der Waals surface area contributed by atoms with E-state index in [0.29, 0.717) is 51.8 Å². The minimum Gasteiger partial charge on any atom is -0.373 e. The maximum absolute atomic E-state index is 14.8. The van der Waals surface area contributed by atoms with E-state index in [2.05, 4.69) is 20.3 Å². The molecule has 1 atom stereocenters. The second-order valence-corrected chi connectivity index (χ2v) is 9.27. The van der Waals surface area contributed by atoms with E-state index in [1.807, 2.05) is 6.20 Å². The number of fused-ring (bicyclic) bond motifs is 2. The van der Waals surface area contributed by atoms with Gasteiger partial charge in [0.25, 0.3) is 5.91 Å². The minimum atomic E-state index is -1.62. The van der Waals surface area contributed by atoms with Crippen LogP contribution in [-0.4, -0.2) is 37.4 Å². The molecular formula is C26H23FN6O2. The molecule has 0 radical (unpaired) electrons. The van der Waals surface area contributed by atoms with Crippen molar-refractivity contribution in [1.82, 2.24) is 30.2 Å². The van der Waals surface area contributed by atoms with E-state index in [4.69, 9.17) is 14.7 Å². The number of hydrogen-bond donors (Lipinski definition) is 1. The number of nitrogens with zero attached hydrogens (tertiary/aromatic N) is 5. The van der Waals surface area contributed by atoms with Crippen LogP contribution in [-0.2, 0) is 23.6 Å². The Morgan fingerprint density at radius 2 is 1.94 bits per heavy atom. The second kappa shape index (κ2) is 8.42. The van der Waals surface area contributed by atoms with Crippen molar-refractivity contribution < 1.29 is 13.9 Å². The molecule has 4 aromatic rings. The third kappa shape index (κ3) is 4.35. The summed E-state index contributed by atoms with van der Waals surface area (Å²) in [5.41, 5.74) is 4.29. The first-order valence-electron chi connectivity index (χ1n) is 11.6. The summed E-state index contributed by atoms with van der Waals surface area (Å²) in [6.07, 6.45) is 9.10. The van der Waals surface area contributed by atoms with Gasteiger partial charge in [-0.25, -0.2) is 14.4 Å². The van der Waals surface area contributed by atoms with Crippen molar-refractivity contribution >= 4 is 16.9 Å². The molecule has 0 bridgehead atoms. The third-order valence-corrected chi connectivity index (χ3v) is 6.39. The van der Waals surface area contributed by atoms with Crippen LogP contribution in [0.3, 0.4) is 0 Å². The van der Waals surface area contributed by atoms with Gasteiger partial charge in [0.1, 0.15) is 16.9 Å². The van der Waals surface area contributed by atoms with E-state index in [1.54, 1.807) is 42.9 Å². The summed E-state index contributed by atoms with van der Waals surface area (Å²) in [5, 5.41) is 2.86. The molecule has 35 heavy (non-hydrogen) atoms. The lowest BCUT2D eigenvalue weighted by Gasteiger charge is -2.29. The molecule has 1 aromatic carbocycles. The number of halogens is 1. The Balaban J connectivity index is 1.20. The number of carbonyl (C=O) groups excluding carboxylic acids is 1. The predicted octanol–water partition coefficient (Wildman–Crippen LogP) is 4.00. The van der Waals surface area contributed by atoms with Crippen molar-refractivity contribution in [3.63, 3.8) is 0 Å². The topological polar surface area (TPSA) is 103 Å². The molecule has 9 heteroatoms. The lowest BCUT2D eigenvalue weighted by molar-refractivity contribution is -0.00467. The number of pyridine rings is 1. The van der Waals surface area contributed by atoms with E-state index in [-0.39, 0.29) is 19.1 Å². The SMILES string of the molecule is CC1(F)COCc2ccc(C(=O)NCc3cc4nc(-c5cncc(C6CC6)n5)cnc4cn3)cc21. The van der Waals surface area contributed by atoms with Crippen LogP contribution >= 0.6 is 0 Å². The summed E-state index contributed by atoms with van der Waals surface area (Å²) in [6.45, 7) is 1.99. The summed E-state index contributed by atoms with van der Waals surface area (Å²) >= 11 is 0. The lowest BCUT2D eigenvalue weighted by Crippen LogP contribution is -2.30. The summed E-state index contributed by atoms with van der Waals surface area (Å²) in [5.74, 6) is 0.196. The maximum Gasteiger partial charge on any atom is 0.251 e. The minimum absolute atomic E-state index is 0.0223. The van der Waals surface area contributed by atoms with Gasteiger partial charge in [-0.05, 0) is 49.1 Å². The molecule has 1 unspecified atom stereocenters. The summed E-state index contributed by atoms with van der Waals surface area (Å²) in [6, 6.07) is 6.83. The molecule has 0 saturated heterocycles. The van der Waals surface area contributed by atoms with Crippen molar-refractivity contribution in [1.29, 1.82) is 0 Å². The normalized spacial score (nSPS) is 19.4. The average Bonchev–Trinajstić information content (AvgIpc) is 3.72. The number of benzene rings is 1. The molecule has 1 amide bonds. The van der Waals surface area contributed by atoms with Crippen LogP contribution in [0.4, 0.5) is 4.39 Å². The second-order valence-electron chi connectivity index (χ2n) is 9.27. The number of ether oxygens (including phenoxy) is 1. The van der Waals surface area contributed by atoms with Gasteiger partial charge in [0.15, 0.2) is 5.67 Å². The van der Waals surface area contributed by atoms with E-state index >= 15 is 0 Å². The number of hydrogen-bond acceptors (Lipinski definition) is 7. The zero-order chi connectivity index (χ0) is 24.0. The number of amides is 1. The first-order valence-corrected chi connectivity index (χ1v) is 11.6. The summed E-state index contributed by atoms with van der Waals surface area (Å²) in [7, 11) is 0. The quantitative estimate of drug-likeness (QED) is 0.470. The lowest BCUT2D eigenvalue weighted by atomic mass is 9.90. The van der Waals surface area contributed by atoms with Crippen molar-refractivity contribution in [2.75, 3.05) is 6.61 Å². The smallest absolute Gasteiger partial charge is 0.251 e. The van der Waals surface area contributed by atoms with Crippen LogP contribution in [0.1, 0.15) is 58.6 Å². The molecule has 8 nitrogen and oxygen atoms in total. The number of rotatable bonds is 5. The fourth-order valence-corrected chi connectivity index (χ4v) is 4.29. The Labute approximate surface area is 201 Å². The highest BCUT2D eigenvalue weighted by Crippen LogP contribution is 2.39. The van der Waals surface area contributed by atoms with Gasteiger partial charge in [-0.1, -0.05) is 6.07 Å². The van der Waals surface area contributed by atoms with Crippen LogP contribution in [0.2, 0.25) is 0 Å². The van der Waals surface area contributed by atoms with Crippen molar-refractivity contribution in [2.45, 2.75) is 44.5 Å². The highest BCUT2D eigenvalue weighted by molar-refractivity contribution is 5.94. The molecule has 0 spiro atoms. The molecule has 1 N–H and O–H groups in total. The Kier molecular flexibility index (Phi) is 5.21. The zero-order valence-electron chi connectivity index (χ0n) is 19.2. The van der Waals surface area contributed by atoms with Crippen LogP contribution in [0.15, 0.2) is 49.1 Å². The van der Waals surface area contributed by atoms with Crippen molar-refractivity contribution in [3.05, 3.63) is 77.1 Å². The Morgan fingerprint density at radius 3 is 2.80 bits per heavy atom. The molecule has 3 aromatic heterocycles. The van der Waals surface area contributed by atoms with Gasteiger partial charge < -0.3 is 10.1 Å². The van der Waals surface area contributed by atoms with E-state index < -0.39 is 5.67 Å². The predicted molar refractivity (Wildman–Crippen MR) is 126 cm³/mol. The standard InChI is InChI=1S/C26H23FN6O2/c1-26(27)14-35-13-17-5-4-16(6-19(17)26)25(34)31-8-18-7-20-22(11-29-18)30-12-24(32-20)23-10-28-9-21(33-23)15-2-3-15/h4-7,9-12,15H,2-3,8,13-14H2,1H3,(H,31,34). The molecular weight excluding hydrogens is 447 g/mol.